The first kappa shape index (κ1) is 18.4. The Kier molecular flexibility index (Phi) is 6.46. The number of hydrogen-bond acceptors (Lipinski definition) is 2. The van der Waals surface area contributed by atoms with E-state index in [0.29, 0.717) is 18.7 Å². The van der Waals surface area contributed by atoms with Crippen LogP contribution in [0.3, 0.4) is 0 Å². The monoisotopic (exact) mass is 340 g/mol. The molecule has 1 N–H and O–H groups in total. The second-order valence-corrected chi connectivity index (χ2v) is 5.72. The molecule has 0 aliphatic heterocycles. The Morgan fingerprint density at radius 2 is 1.84 bits per heavy atom. The minimum atomic E-state index is -0.315. The van der Waals surface area contributed by atoms with Gasteiger partial charge < -0.3 is 10.2 Å². The molecule has 0 spiro atoms. The number of nitrogens with one attached hydrogen (secondary N) is 1. The summed E-state index contributed by atoms with van der Waals surface area (Å²) in [6.45, 7) is 3.96. The summed E-state index contributed by atoms with van der Waals surface area (Å²) in [4.78, 5) is 25.5. The highest BCUT2D eigenvalue weighted by molar-refractivity contribution is 5.99. The van der Waals surface area contributed by atoms with Crippen molar-refractivity contribution in [2.24, 2.45) is 0 Å². The third-order valence-corrected chi connectivity index (χ3v) is 3.88. The predicted octanol–water partition coefficient (Wildman–Crippen LogP) is 3.19. The largest absolute Gasteiger partial charge is 0.345 e. The van der Waals surface area contributed by atoms with E-state index in [4.69, 9.17) is 0 Å². The number of halogens is 1. The van der Waals surface area contributed by atoms with E-state index >= 15 is 0 Å². The van der Waals surface area contributed by atoms with E-state index in [9.17, 15) is 14.0 Å². The number of likely N-dealkylation sites (N-methyl/N-ethyl adjacent to an activating group) is 1. The summed E-state index contributed by atoms with van der Waals surface area (Å²) in [7, 11) is 1.73. The predicted molar refractivity (Wildman–Crippen MR) is 96.7 cm³/mol. The van der Waals surface area contributed by atoms with Gasteiger partial charge in [-0.25, -0.2) is 4.39 Å². The Hall–Kier alpha value is -2.95. The molecule has 0 fully saturated rings. The maximum Gasteiger partial charge on any atom is 0.247 e. The van der Waals surface area contributed by atoms with Gasteiger partial charge >= 0.3 is 0 Å². The van der Waals surface area contributed by atoms with Gasteiger partial charge in [0, 0.05) is 19.3 Å². The zero-order valence-corrected chi connectivity index (χ0v) is 14.2. The normalized spacial score (nSPS) is 10.2. The SMILES string of the molecule is C=CC(=O)Nc1ccccc1CC(=O)N(C)CCc1ccc(F)cc1. The fourth-order valence-electron chi connectivity index (χ4n) is 2.35. The molecule has 0 heterocycles. The van der Waals surface area contributed by atoms with Crippen LogP contribution in [0.15, 0.2) is 61.2 Å². The van der Waals surface area contributed by atoms with E-state index < -0.39 is 0 Å². The smallest absolute Gasteiger partial charge is 0.247 e. The third kappa shape index (κ3) is 5.57. The highest BCUT2D eigenvalue weighted by Gasteiger charge is 2.13. The van der Waals surface area contributed by atoms with Crippen LogP contribution in [0.1, 0.15) is 11.1 Å². The van der Waals surface area contributed by atoms with Crippen molar-refractivity contribution in [2.75, 3.05) is 18.9 Å². The second-order valence-electron chi connectivity index (χ2n) is 5.72. The van der Waals surface area contributed by atoms with Gasteiger partial charge in [0.15, 0.2) is 0 Å². The van der Waals surface area contributed by atoms with Crippen molar-refractivity contribution in [1.29, 1.82) is 0 Å². The molecule has 0 aliphatic carbocycles. The molecule has 2 aromatic carbocycles. The molecule has 0 aromatic heterocycles. The van der Waals surface area contributed by atoms with Gasteiger partial charge in [-0.15, -0.1) is 0 Å². The van der Waals surface area contributed by atoms with E-state index in [0.717, 1.165) is 11.1 Å². The van der Waals surface area contributed by atoms with Crippen LogP contribution in [0.5, 0.6) is 0 Å². The number of amides is 2. The molecule has 25 heavy (non-hydrogen) atoms. The third-order valence-electron chi connectivity index (χ3n) is 3.88. The molecule has 0 bridgehead atoms. The van der Waals surface area contributed by atoms with Gasteiger partial charge in [0.05, 0.1) is 6.42 Å². The maximum atomic E-state index is 12.9. The van der Waals surface area contributed by atoms with Gasteiger partial charge in [0.25, 0.3) is 0 Å². The molecule has 4 nitrogen and oxygen atoms in total. The summed E-state index contributed by atoms with van der Waals surface area (Å²) >= 11 is 0. The summed E-state index contributed by atoms with van der Waals surface area (Å²) in [5.41, 5.74) is 2.32. The fraction of sp³-hybridized carbons (Fsp3) is 0.200. The lowest BCUT2D eigenvalue weighted by Gasteiger charge is -2.18. The van der Waals surface area contributed by atoms with Crippen molar-refractivity contribution in [2.45, 2.75) is 12.8 Å². The number of rotatable bonds is 7. The summed E-state index contributed by atoms with van der Waals surface area (Å²) in [6, 6.07) is 13.4. The molecular formula is C20H21FN2O2. The van der Waals surface area contributed by atoms with Gasteiger partial charge in [-0.1, -0.05) is 36.9 Å². The lowest BCUT2D eigenvalue weighted by Crippen LogP contribution is -2.30. The van der Waals surface area contributed by atoms with Crippen LogP contribution >= 0.6 is 0 Å². The number of hydrogen-bond donors (Lipinski definition) is 1. The second kappa shape index (κ2) is 8.78. The van der Waals surface area contributed by atoms with Crippen LogP contribution in [0.2, 0.25) is 0 Å². The number of benzene rings is 2. The Morgan fingerprint density at radius 1 is 1.16 bits per heavy atom. The van der Waals surface area contributed by atoms with Crippen molar-refractivity contribution < 1.29 is 14.0 Å². The maximum absolute atomic E-state index is 12.9. The van der Waals surface area contributed by atoms with Crippen LogP contribution in [0.4, 0.5) is 10.1 Å². The lowest BCUT2D eigenvalue weighted by molar-refractivity contribution is -0.129. The van der Waals surface area contributed by atoms with Gasteiger partial charge in [-0.05, 0) is 41.8 Å². The summed E-state index contributed by atoms with van der Waals surface area (Å²) in [5.74, 6) is -0.640. The molecule has 0 unspecified atom stereocenters. The highest BCUT2D eigenvalue weighted by Crippen LogP contribution is 2.16. The molecule has 0 saturated carbocycles. The minimum Gasteiger partial charge on any atom is -0.345 e. The zero-order valence-electron chi connectivity index (χ0n) is 14.2. The molecule has 0 aliphatic rings. The van der Waals surface area contributed by atoms with Gasteiger partial charge in [0.2, 0.25) is 11.8 Å². The molecule has 130 valence electrons. The van der Waals surface area contributed by atoms with E-state index in [-0.39, 0.29) is 24.1 Å². The van der Waals surface area contributed by atoms with Crippen LogP contribution in [-0.4, -0.2) is 30.3 Å². The van der Waals surface area contributed by atoms with Gasteiger partial charge in [-0.2, -0.15) is 0 Å². The number of para-hydroxylation sites is 1. The first-order valence-corrected chi connectivity index (χ1v) is 7.99. The highest BCUT2D eigenvalue weighted by atomic mass is 19.1. The Labute approximate surface area is 147 Å². The van der Waals surface area contributed by atoms with Crippen molar-refractivity contribution in [3.8, 4) is 0 Å². The standard InChI is InChI=1S/C20H21FN2O2/c1-3-19(24)22-18-7-5-4-6-16(18)14-20(25)23(2)13-12-15-8-10-17(21)11-9-15/h3-11H,1,12-14H2,2H3,(H,22,24). The molecule has 2 aromatic rings. The Balaban J connectivity index is 1.95. The molecule has 2 rings (SSSR count). The first-order valence-electron chi connectivity index (χ1n) is 7.99. The first-order chi connectivity index (χ1) is 12.0. The molecule has 5 heteroatoms. The number of carbonyl (C=O) groups is 2. The van der Waals surface area contributed by atoms with Crippen molar-refractivity contribution in [3.05, 3.63) is 78.1 Å². The van der Waals surface area contributed by atoms with Crippen molar-refractivity contribution in [3.63, 3.8) is 0 Å². The van der Waals surface area contributed by atoms with Crippen molar-refractivity contribution in [1.82, 2.24) is 4.90 Å². The summed E-state index contributed by atoms with van der Waals surface area (Å²) < 4.78 is 12.9. The lowest BCUT2D eigenvalue weighted by atomic mass is 10.1. The van der Waals surface area contributed by atoms with Crippen LogP contribution in [0, 0.1) is 5.82 Å². The summed E-state index contributed by atoms with van der Waals surface area (Å²) in [6.07, 6.45) is 2.03. The average molecular weight is 340 g/mol. The minimum absolute atomic E-state index is 0.0533. The van der Waals surface area contributed by atoms with Gasteiger partial charge in [0.1, 0.15) is 5.82 Å². The topological polar surface area (TPSA) is 49.4 Å². The summed E-state index contributed by atoms with van der Waals surface area (Å²) in [5, 5.41) is 2.70. The fourth-order valence-corrected chi connectivity index (χ4v) is 2.35. The van der Waals surface area contributed by atoms with Crippen molar-refractivity contribution >= 4 is 17.5 Å². The van der Waals surface area contributed by atoms with Crippen LogP contribution in [0.25, 0.3) is 0 Å². The van der Waals surface area contributed by atoms with Crippen LogP contribution in [-0.2, 0) is 22.4 Å². The molecule has 0 radical (unpaired) electrons. The zero-order chi connectivity index (χ0) is 18.2. The molecule has 2 amide bonds. The number of nitrogens with zero attached hydrogens (tertiary/aromatic N) is 1. The van der Waals surface area contributed by atoms with E-state index in [1.807, 2.05) is 12.1 Å². The Morgan fingerprint density at radius 3 is 2.52 bits per heavy atom. The molecule has 0 atom stereocenters. The quantitative estimate of drug-likeness (QED) is 0.787. The Bertz CT molecular complexity index is 757. The number of anilines is 1. The van der Waals surface area contributed by atoms with E-state index in [1.54, 1.807) is 36.2 Å². The van der Waals surface area contributed by atoms with Gasteiger partial charge in [-0.3, -0.25) is 9.59 Å². The van der Waals surface area contributed by atoms with E-state index in [1.165, 1.54) is 18.2 Å². The van der Waals surface area contributed by atoms with Crippen LogP contribution < -0.4 is 5.32 Å². The molecular weight excluding hydrogens is 319 g/mol. The number of carbonyl (C=O) groups excluding carboxylic acids is 2. The molecule has 0 saturated heterocycles. The average Bonchev–Trinajstić information content (AvgIpc) is 2.62. The van der Waals surface area contributed by atoms with E-state index in [2.05, 4.69) is 11.9 Å².